The Morgan fingerprint density at radius 1 is 1.03 bits per heavy atom. The second-order valence-corrected chi connectivity index (χ2v) is 7.58. The monoisotopic (exact) mass is 430 g/mol. The number of amides is 3. The Morgan fingerprint density at radius 3 is 2.48 bits per heavy atom. The van der Waals surface area contributed by atoms with E-state index in [-0.39, 0.29) is 23.9 Å². The van der Waals surface area contributed by atoms with Crippen molar-refractivity contribution in [1.29, 1.82) is 0 Å². The molecule has 7 nitrogen and oxygen atoms in total. The van der Waals surface area contributed by atoms with E-state index in [0.29, 0.717) is 5.69 Å². The van der Waals surface area contributed by atoms with Crippen LogP contribution >= 0.6 is 23.6 Å². The number of hydrogen-bond acceptors (Lipinski definition) is 5. The topological polar surface area (TPSA) is 99.3 Å². The molecule has 29 heavy (non-hydrogen) atoms. The molecule has 0 aliphatic heterocycles. The number of hydrogen-bond donors (Lipinski definition) is 4. The molecule has 0 aliphatic carbocycles. The lowest BCUT2D eigenvalue weighted by molar-refractivity contribution is -0.124. The van der Waals surface area contributed by atoms with E-state index in [2.05, 4.69) is 21.5 Å². The van der Waals surface area contributed by atoms with Gasteiger partial charge in [-0.1, -0.05) is 12.1 Å². The molecular weight excluding hydrogens is 408 g/mol. The Kier molecular flexibility index (Phi) is 8.50. The zero-order chi connectivity index (χ0) is 21.2. The van der Waals surface area contributed by atoms with Gasteiger partial charge in [0, 0.05) is 29.5 Å². The van der Waals surface area contributed by atoms with Crippen molar-refractivity contribution >= 4 is 58.2 Å². The predicted molar refractivity (Wildman–Crippen MR) is 119 cm³/mol. The zero-order valence-corrected chi connectivity index (χ0v) is 17.7. The molecule has 0 fully saturated rings. The number of hydrazine groups is 1. The SMILES string of the molecule is Cc1ccc(NC(=O)CCC(=O)NNC(=S)NC(=O)C=Cc2cccs2)cc1C. The summed E-state index contributed by atoms with van der Waals surface area (Å²) in [6.07, 6.45) is 3.00. The minimum absolute atomic E-state index is 0.0170. The van der Waals surface area contributed by atoms with E-state index in [0.717, 1.165) is 16.0 Å². The van der Waals surface area contributed by atoms with Gasteiger partial charge in [-0.25, -0.2) is 0 Å². The molecule has 0 aliphatic rings. The highest BCUT2D eigenvalue weighted by Gasteiger charge is 2.09. The number of benzene rings is 1. The van der Waals surface area contributed by atoms with Crippen LogP contribution in [0.5, 0.6) is 0 Å². The average Bonchev–Trinajstić information content (AvgIpc) is 3.20. The minimum Gasteiger partial charge on any atom is -0.326 e. The van der Waals surface area contributed by atoms with Crippen LogP contribution in [-0.4, -0.2) is 22.8 Å². The van der Waals surface area contributed by atoms with Crippen LogP contribution in [0.1, 0.15) is 28.8 Å². The van der Waals surface area contributed by atoms with Gasteiger partial charge in [-0.15, -0.1) is 11.3 Å². The number of thiophene rings is 1. The van der Waals surface area contributed by atoms with Gasteiger partial charge >= 0.3 is 0 Å². The minimum atomic E-state index is -0.425. The van der Waals surface area contributed by atoms with E-state index < -0.39 is 11.8 Å². The number of carbonyl (C=O) groups excluding carboxylic acids is 3. The quantitative estimate of drug-likeness (QED) is 0.321. The molecular formula is C20H22N4O3S2. The fourth-order valence-corrected chi connectivity index (χ4v) is 2.96. The maximum Gasteiger partial charge on any atom is 0.250 e. The van der Waals surface area contributed by atoms with E-state index in [1.54, 1.807) is 6.08 Å². The summed E-state index contributed by atoms with van der Waals surface area (Å²) in [5, 5.41) is 7.02. The first-order valence-electron chi connectivity index (χ1n) is 8.82. The van der Waals surface area contributed by atoms with Crippen LogP contribution in [-0.2, 0) is 14.4 Å². The lowest BCUT2D eigenvalue weighted by Crippen LogP contribution is -2.48. The number of thiocarbonyl (C=S) groups is 1. The third-order valence-electron chi connectivity index (χ3n) is 3.86. The van der Waals surface area contributed by atoms with Crippen LogP contribution in [0.4, 0.5) is 5.69 Å². The first kappa shape index (κ1) is 22.3. The van der Waals surface area contributed by atoms with Crippen LogP contribution in [0.15, 0.2) is 41.8 Å². The second kappa shape index (κ2) is 11.1. The molecule has 0 saturated heterocycles. The van der Waals surface area contributed by atoms with Crippen molar-refractivity contribution in [1.82, 2.24) is 16.2 Å². The molecule has 3 amide bonds. The standard InChI is InChI=1S/C20H22N4O3S2/c1-13-5-6-15(12-14(13)2)21-17(25)9-10-19(27)23-24-20(28)22-18(26)8-7-16-4-3-11-29-16/h3-8,11-12H,9-10H2,1-2H3,(H,21,25)(H,23,27)(H2,22,24,26,28). The summed E-state index contributed by atoms with van der Waals surface area (Å²) in [7, 11) is 0. The molecule has 0 bridgehead atoms. The molecule has 2 rings (SSSR count). The molecule has 1 heterocycles. The van der Waals surface area contributed by atoms with Crippen molar-refractivity contribution in [2.45, 2.75) is 26.7 Å². The van der Waals surface area contributed by atoms with E-state index >= 15 is 0 Å². The van der Waals surface area contributed by atoms with Gasteiger partial charge in [0.05, 0.1) is 0 Å². The Balaban J connectivity index is 1.65. The van der Waals surface area contributed by atoms with Crippen molar-refractivity contribution in [2.75, 3.05) is 5.32 Å². The van der Waals surface area contributed by atoms with Gasteiger partial charge in [-0.2, -0.15) is 0 Å². The third kappa shape index (κ3) is 8.24. The van der Waals surface area contributed by atoms with Gasteiger partial charge in [-0.05, 0) is 66.8 Å². The Morgan fingerprint density at radius 2 is 1.79 bits per heavy atom. The fraction of sp³-hybridized carbons (Fsp3) is 0.200. The van der Waals surface area contributed by atoms with Crippen molar-refractivity contribution < 1.29 is 14.4 Å². The summed E-state index contributed by atoms with van der Waals surface area (Å²) in [6.45, 7) is 3.95. The van der Waals surface area contributed by atoms with Crippen LogP contribution < -0.4 is 21.5 Å². The maximum absolute atomic E-state index is 12.0. The van der Waals surface area contributed by atoms with Crippen molar-refractivity contribution in [3.8, 4) is 0 Å². The molecule has 152 valence electrons. The number of nitrogens with one attached hydrogen (secondary N) is 4. The number of carbonyl (C=O) groups is 3. The number of rotatable bonds is 6. The highest BCUT2D eigenvalue weighted by molar-refractivity contribution is 7.80. The van der Waals surface area contributed by atoms with Crippen LogP contribution in [0.25, 0.3) is 6.08 Å². The Hall–Kier alpha value is -3.04. The summed E-state index contributed by atoms with van der Waals surface area (Å²) >= 11 is 6.44. The lowest BCUT2D eigenvalue weighted by atomic mass is 10.1. The van der Waals surface area contributed by atoms with Crippen LogP contribution in [0.3, 0.4) is 0 Å². The van der Waals surface area contributed by atoms with Gasteiger partial charge in [0.2, 0.25) is 17.7 Å². The summed E-state index contributed by atoms with van der Waals surface area (Å²) in [6, 6.07) is 9.37. The molecule has 1 aromatic carbocycles. The first-order chi connectivity index (χ1) is 13.8. The average molecular weight is 431 g/mol. The molecule has 0 atom stereocenters. The van der Waals surface area contributed by atoms with Gasteiger partial charge in [-0.3, -0.25) is 30.6 Å². The highest BCUT2D eigenvalue weighted by Crippen LogP contribution is 2.14. The van der Waals surface area contributed by atoms with Gasteiger partial charge in [0.15, 0.2) is 5.11 Å². The molecule has 4 N–H and O–H groups in total. The van der Waals surface area contributed by atoms with E-state index in [4.69, 9.17) is 12.2 Å². The molecule has 0 radical (unpaired) electrons. The van der Waals surface area contributed by atoms with Crippen molar-refractivity contribution in [3.05, 3.63) is 57.8 Å². The summed E-state index contributed by atoms with van der Waals surface area (Å²) in [5.74, 6) is -1.11. The Labute approximate surface area is 178 Å². The highest BCUT2D eigenvalue weighted by atomic mass is 32.1. The van der Waals surface area contributed by atoms with E-state index in [1.807, 2.05) is 49.6 Å². The second-order valence-electron chi connectivity index (χ2n) is 6.19. The van der Waals surface area contributed by atoms with Crippen molar-refractivity contribution in [3.63, 3.8) is 0 Å². The summed E-state index contributed by atoms with van der Waals surface area (Å²) in [4.78, 5) is 36.5. The van der Waals surface area contributed by atoms with Crippen molar-refractivity contribution in [2.24, 2.45) is 0 Å². The van der Waals surface area contributed by atoms with Crippen LogP contribution in [0, 0.1) is 13.8 Å². The number of anilines is 1. The molecule has 9 heteroatoms. The molecule has 0 unspecified atom stereocenters. The smallest absolute Gasteiger partial charge is 0.250 e. The first-order valence-corrected chi connectivity index (χ1v) is 10.1. The summed E-state index contributed by atoms with van der Waals surface area (Å²) < 4.78 is 0. The van der Waals surface area contributed by atoms with Gasteiger partial charge < -0.3 is 5.32 Å². The van der Waals surface area contributed by atoms with Gasteiger partial charge in [0.1, 0.15) is 0 Å². The molecule has 0 spiro atoms. The van der Waals surface area contributed by atoms with E-state index in [1.165, 1.54) is 17.4 Å². The molecule has 2 aromatic rings. The predicted octanol–water partition coefficient (Wildman–Crippen LogP) is 2.82. The lowest BCUT2D eigenvalue weighted by Gasteiger charge is -2.10. The fourth-order valence-electron chi connectivity index (χ4n) is 2.19. The largest absolute Gasteiger partial charge is 0.326 e. The van der Waals surface area contributed by atoms with Crippen LogP contribution in [0.2, 0.25) is 0 Å². The zero-order valence-electron chi connectivity index (χ0n) is 16.1. The molecule has 1 aromatic heterocycles. The summed E-state index contributed by atoms with van der Waals surface area (Å²) in [5.41, 5.74) is 7.68. The Bertz CT molecular complexity index is 924. The van der Waals surface area contributed by atoms with E-state index in [9.17, 15) is 14.4 Å². The number of aryl methyl sites for hydroxylation is 2. The maximum atomic E-state index is 12.0. The normalized spacial score (nSPS) is 10.4. The molecule has 0 saturated carbocycles. The van der Waals surface area contributed by atoms with Gasteiger partial charge in [0.25, 0.3) is 0 Å². The third-order valence-corrected chi connectivity index (χ3v) is 4.91.